The molecule has 0 aromatic rings. The van der Waals surface area contributed by atoms with Crippen LogP contribution in [-0.4, -0.2) is 140 Å². The van der Waals surface area contributed by atoms with Gasteiger partial charge in [-0.1, -0.05) is 219 Å². The van der Waals surface area contributed by atoms with Crippen LogP contribution >= 0.6 is 0 Å². The third-order valence-corrected chi connectivity index (χ3v) is 14.1. The Balaban J connectivity index is 1.54. The SMILES string of the molecule is CCCCCCCCCCCCCCCCCCCCCCCCCCCCCCCCC(O)C(COC1OC(CO)C(OC2OC(CO)C(O)C(O)C2O)C(O)C1O)NC(=O)CCCCC. The highest BCUT2D eigenvalue weighted by atomic mass is 16.7. The Morgan fingerprint density at radius 1 is 0.478 bits per heavy atom. The molecule has 0 aliphatic carbocycles. The predicted molar refractivity (Wildman–Crippen MR) is 263 cm³/mol. The minimum absolute atomic E-state index is 0.229. The minimum atomic E-state index is -1.78. The number of aliphatic hydroxyl groups excluding tert-OH is 8. The predicted octanol–water partition coefficient (Wildman–Crippen LogP) is 8.17. The molecule has 14 heteroatoms. The minimum Gasteiger partial charge on any atom is -0.394 e. The quantitative estimate of drug-likeness (QED) is 0.0263. The summed E-state index contributed by atoms with van der Waals surface area (Å²) in [6.45, 7) is 2.69. The fourth-order valence-electron chi connectivity index (χ4n) is 9.53. The number of carbonyl (C=O) groups excluding carboxylic acids is 1. The second kappa shape index (κ2) is 40.6. The van der Waals surface area contributed by atoms with E-state index >= 15 is 0 Å². The number of carbonyl (C=O) groups is 1. The Morgan fingerprint density at radius 2 is 0.851 bits per heavy atom. The molecule has 2 saturated heterocycles. The van der Waals surface area contributed by atoms with Crippen molar-refractivity contribution in [1.29, 1.82) is 0 Å². The van der Waals surface area contributed by atoms with E-state index in [1.807, 2.05) is 6.92 Å². The number of hydrogen-bond donors (Lipinski definition) is 9. The highest BCUT2D eigenvalue weighted by Crippen LogP contribution is 2.30. The molecule has 0 spiro atoms. The average molecular weight is 962 g/mol. The maximum absolute atomic E-state index is 12.8. The summed E-state index contributed by atoms with van der Waals surface area (Å²) in [5.74, 6) is -0.229. The molecule has 0 aromatic carbocycles. The van der Waals surface area contributed by atoms with Crippen LogP contribution in [0.1, 0.15) is 239 Å². The molecule has 12 atom stereocenters. The van der Waals surface area contributed by atoms with Gasteiger partial charge in [0, 0.05) is 6.42 Å². The van der Waals surface area contributed by atoms with Crippen molar-refractivity contribution in [2.45, 2.75) is 312 Å². The van der Waals surface area contributed by atoms with Gasteiger partial charge < -0.3 is 65.1 Å². The molecule has 398 valence electrons. The Kier molecular flexibility index (Phi) is 37.6. The fourth-order valence-corrected chi connectivity index (χ4v) is 9.53. The first-order valence-corrected chi connectivity index (χ1v) is 27.8. The molecule has 67 heavy (non-hydrogen) atoms. The molecule has 0 saturated carbocycles. The maximum atomic E-state index is 12.8. The molecule has 2 aliphatic rings. The van der Waals surface area contributed by atoms with Crippen LogP contribution in [0, 0.1) is 0 Å². The highest BCUT2D eigenvalue weighted by molar-refractivity contribution is 5.76. The van der Waals surface area contributed by atoms with Crippen LogP contribution in [0.25, 0.3) is 0 Å². The first-order valence-electron chi connectivity index (χ1n) is 27.8. The van der Waals surface area contributed by atoms with Crippen molar-refractivity contribution < 1.29 is 64.6 Å². The molecule has 12 unspecified atom stereocenters. The van der Waals surface area contributed by atoms with E-state index in [4.69, 9.17) is 18.9 Å². The summed E-state index contributed by atoms with van der Waals surface area (Å²) in [5, 5.41) is 86.3. The Labute approximate surface area is 406 Å². The lowest BCUT2D eigenvalue weighted by Crippen LogP contribution is -2.65. The van der Waals surface area contributed by atoms with Crippen LogP contribution in [0.3, 0.4) is 0 Å². The van der Waals surface area contributed by atoms with E-state index in [2.05, 4.69) is 12.2 Å². The molecule has 1 amide bonds. The Bertz CT molecular complexity index is 1140. The standard InChI is InChI=1S/C53H103NO13/c1-3-5-7-8-9-10-11-12-13-14-15-16-17-18-19-20-21-22-23-24-25-26-27-28-29-30-31-32-33-35-36-42(57)41(54-45(58)37-34-6-4-2)40-64-52-50(63)48(61)51(44(39-56)66-52)67-53-49(62)47(60)46(59)43(38-55)65-53/h41-44,46-53,55-57,59-63H,3-40H2,1-2H3,(H,54,58). The van der Waals surface area contributed by atoms with Gasteiger partial charge in [0.2, 0.25) is 5.91 Å². The number of ether oxygens (including phenoxy) is 4. The molecule has 9 N–H and O–H groups in total. The van der Waals surface area contributed by atoms with Gasteiger partial charge in [-0.2, -0.15) is 0 Å². The summed E-state index contributed by atoms with van der Waals surface area (Å²) >= 11 is 0. The zero-order valence-corrected chi connectivity index (χ0v) is 42.4. The zero-order chi connectivity index (χ0) is 48.9. The van der Waals surface area contributed by atoms with E-state index < -0.39 is 86.8 Å². The molecule has 0 aromatic heterocycles. The van der Waals surface area contributed by atoms with E-state index in [1.165, 1.54) is 167 Å². The number of nitrogens with one attached hydrogen (secondary N) is 1. The molecular formula is C53H103NO13. The number of unbranched alkanes of at least 4 members (excludes halogenated alkanes) is 31. The van der Waals surface area contributed by atoms with Gasteiger partial charge in [0.05, 0.1) is 32.0 Å². The van der Waals surface area contributed by atoms with Crippen LogP contribution in [0.15, 0.2) is 0 Å². The number of aliphatic hydroxyl groups is 8. The van der Waals surface area contributed by atoms with Crippen LogP contribution < -0.4 is 5.32 Å². The molecule has 2 fully saturated rings. The average Bonchev–Trinajstić information content (AvgIpc) is 3.32. The second-order valence-corrected chi connectivity index (χ2v) is 20.1. The molecule has 2 heterocycles. The van der Waals surface area contributed by atoms with Crippen molar-refractivity contribution in [1.82, 2.24) is 5.32 Å². The van der Waals surface area contributed by atoms with Gasteiger partial charge in [0.25, 0.3) is 0 Å². The van der Waals surface area contributed by atoms with Gasteiger partial charge in [-0.05, 0) is 12.8 Å². The largest absolute Gasteiger partial charge is 0.394 e. The smallest absolute Gasteiger partial charge is 0.220 e. The van der Waals surface area contributed by atoms with Crippen LogP contribution in [0.5, 0.6) is 0 Å². The van der Waals surface area contributed by atoms with E-state index in [-0.39, 0.29) is 12.5 Å². The van der Waals surface area contributed by atoms with Crippen molar-refractivity contribution >= 4 is 5.91 Å². The van der Waals surface area contributed by atoms with Gasteiger partial charge in [-0.15, -0.1) is 0 Å². The number of hydrogen-bond acceptors (Lipinski definition) is 13. The topological polar surface area (TPSA) is 228 Å². The molecular weight excluding hydrogens is 859 g/mol. The monoisotopic (exact) mass is 962 g/mol. The lowest BCUT2D eigenvalue weighted by atomic mass is 9.97. The van der Waals surface area contributed by atoms with Crippen molar-refractivity contribution in [2.24, 2.45) is 0 Å². The van der Waals surface area contributed by atoms with Crippen molar-refractivity contribution in [3.63, 3.8) is 0 Å². The molecule has 0 radical (unpaired) electrons. The van der Waals surface area contributed by atoms with Gasteiger partial charge in [0.1, 0.15) is 48.8 Å². The molecule has 0 bridgehead atoms. The van der Waals surface area contributed by atoms with Crippen LogP contribution in [0.4, 0.5) is 0 Å². The summed E-state index contributed by atoms with van der Waals surface area (Å²) in [6, 6.07) is -0.818. The third-order valence-electron chi connectivity index (χ3n) is 14.1. The highest BCUT2D eigenvalue weighted by Gasteiger charge is 2.51. The van der Waals surface area contributed by atoms with Gasteiger partial charge in [-0.25, -0.2) is 0 Å². The maximum Gasteiger partial charge on any atom is 0.220 e. The van der Waals surface area contributed by atoms with Crippen LogP contribution in [-0.2, 0) is 23.7 Å². The lowest BCUT2D eigenvalue weighted by Gasteiger charge is -2.46. The third kappa shape index (κ3) is 27.4. The van der Waals surface area contributed by atoms with Crippen molar-refractivity contribution in [3.8, 4) is 0 Å². The van der Waals surface area contributed by atoms with Crippen LogP contribution in [0.2, 0.25) is 0 Å². The van der Waals surface area contributed by atoms with Crippen molar-refractivity contribution in [3.05, 3.63) is 0 Å². The number of rotatable bonds is 44. The van der Waals surface area contributed by atoms with E-state index in [1.54, 1.807) is 0 Å². The first kappa shape index (κ1) is 62.1. The van der Waals surface area contributed by atoms with E-state index in [0.717, 1.165) is 38.5 Å². The summed E-state index contributed by atoms with van der Waals surface area (Å²) in [6.07, 6.45) is 26.8. The van der Waals surface area contributed by atoms with Gasteiger partial charge in [-0.3, -0.25) is 4.79 Å². The normalized spacial score (nSPS) is 26.5. The summed E-state index contributed by atoms with van der Waals surface area (Å²) in [5.41, 5.74) is 0. The zero-order valence-electron chi connectivity index (χ0n) is 42.4. The lowest BCUT2D eigenvalue weighted by molar-refractivity contribution is -0.359. The fraction of sp³-hybridized carbons (Fsp3) is 0.981. The van der Waals surface area contributed by atoms with Gasteiger partial charge >= 0.3 is 0 Å². The molecule has 2 aliphatic heterocycles. The molecule has 2 rings (SSSR count). The number of amides is 1. The first-order chi connectivity index (χ1) is 32.6. The summed E-state index contributed by atoms with van der Waals surface area (Å²) < 4.78 is 22.6. The second-order valence-electron chi connectivity index (χ2n) is 20.1. The summed E-state index contributed by atoms with van der Waals surface area (Å²) in [4.78, 5) is 12.8. The van der Waals surface area contributed by atoms with E-state index in [0.29, 0.717) is 19.3 Å². The Hall–Kier alpha value is -1.01. The molecule has 14 nitrogen and oxygen atoms in total. The Morgan fingerprint density at radius 3 is 1.27 bits per heavy atom. The van der Waals surface area contributed by atoms with E-state index in [9.17, 15) is 45.6 Å². The van der Waals surface area contributed by atoms with Crippen molar-refractivity contribution in [2.75, 3.05) is 19.8 Å². The van der Waals surface area contributed by atoms with Gasteiger partial charge in [0.15, 0.2) is 12.6 Å². The summed E-state index contributed by atoms with van der Waals surface area (Å²) in [7, 11) is 0.